The van der Waals surface area contributed by atoms with Crippen molar-refractivity contribution in [1.82, 2.24) is 5.16 Å². The zero-order chi connectivity index (χ0) is 7.72. The summed E-state index contributed by atoms with van der Waals surface area (Å²) in [5.74, 6) is 0.247. The molecular weight excluding hydrogens is 156 g/mol. The number of hydrogen-bond donors (Lipinski definition) is 2. The summed E-state index contributed by atoms with van der Waals surface area (Å²) in [7, 11) is 0. The molecule has 0 aliphatic rings. The molecule has 1 atom stereocenters. The van der Waals surface area contributed by atoms with E-state index in [0.717, 1.165) is 0 Å². The number of nitrogen functional groups attached to an aromatic ring is 1. The standard InChI is InChI=1S/C4H6N2O3S/c1-2-3(10(7)8)4(5)6-9-2/h1H3,(H2,5,6)(H,7,8). The Hall–Kier alpha value is -0.880. The fraction of sp³-hybridized carbons (Fsp3) is 0.250. The Bertz CT molecular complexity index is 250. The van der Waals surface area contributed by atoms with Crippen molar-refractivity contribution in [3.05, 3.63) is 5.76 Å². The highest BCUT2D eigenvalue weighted by Gasteiger charge is 2.14. The van der Waals surface area contributed by atoms with Crippen LogP contribution in [0.4, 0.5) is 5.82 Å². The van der Waals surface area contributed by atoms with Crippen LogP contribution in [0.1, 0.15) is 5.76 Å². The van der Waals surface area contributed by atoms with Crippen LogP contribution in [0.25, 0.3) is 0 Å². The maximum Gasteiger partial charge on any atom is 0.194 e. The first-order valence-electron chi connectivity index (χ1n) is 2.45. The van der Waals surface area contributed by atoms with Gasteiger partial charge in [-0.15, -0.1) is 0 Å². The Morgan fingerprint density at radius 2 is 2.40 bits per heavy atom. The maximum absolute atomic E-state index is 10.4. The average Bonchev–Trinajstić information content (AvgIpc) is 2.11. The van der Waals surface area contributed by atoms with Crippen molar-refractivity contribution in [2.75, 3.05) is 5.73 Å². The van der Waals surface area contributed by atoms with Crippen LogP contribution in [0.3, 0.4) is 0 Å². The van der Waals surface area contributed by atoms with Crippen molar-refractivity contribution in [2.24, 2.45) is 0 Å². The second-order valence-electron chi connectivity index (χ2n) is 1.70. The summed E-state index contributed by atoms with van der Waals surface area (Å²) in [4.78, 5) is 0.0556. The predicted molar refractivity (Wildman–Crippen MR) is 34.7 cm³/mol. The van der Waals surface area contributed by atoms with Gasteiger partial charge in [-0.05, 0) is 6.92 Å². The topological polar surface area (TPSA) is 89.4 Å². The molecule has 0 amide bonds. The molecule has 6 heteroatoms. The van der Waals surface area contributed by atoms with Crippen molar-refractivity contribution in [2.45, 2.75) is 11.8 Å². The zero-order valence-corrected chi connectivity index (χ0v) is 6.01. The van der Waals surface area contributed by atoms with Gasteiger partial charge in [-0.2, -0.15) is 0 Å². The molecule has 0 bridgehead atoms. The lowest BCUT2D eigenvalue weighted by atomic mass is 10.5. The van der Waals surface area contributed by atoms with E-state index in [1.807, 2.05) is 0 Å². The van der Waals surface area contributed by atoms with Gasteiger partial charge in [0.1, 0.15) is 0 Å². The first kappa shape index (κ1) is 7.23. The van der Waals surface area contributed by atoms with Gasteiger partial charge in [0, 0.05) is 0 Å². The fourth-order valence-electron chi connectivity index (χ4n) is 0.593. The number of nitrogens with zero attached hydrogens (tertiary/aromatic N) is 1. The van der Waals surface area contributed by atoms with Crippen molar-refractivity contribution < 1.29 is 13.3 Å². The molecular formula is C4H6N2O3S. The van der Waals surface area contributed by atoms with Crippen LogP contribution in [0.5, 0.6) is 0 Å². The molecule has 1 heterocycles. The lowest BCUT2D eigenvalue weighted by Gasteiger charge is -1.87. The van der Waals surface area contributed by atoms with E-state index in [1.54, 1.807) is 0 Å². The second-order valence-corrected chi connectivity index (χ2v) is 2.61. The van der Waals surface area contributed by atoms with Crippen LogP contribution in [0.15, 0.2) is 9.42 Å². The Labute approximate surface area is 59.5 Å². The van der Waals surface area contributed by atoms with Gasteiger partial charge in [0.2, 0.25) is 0 Å². The molecule has 1 unspecified atom stereocenters. The lowest BCUT2D eigenvalue weighted by Crippen LogP contribution is -1.94. The molecule has 1 rings (SSSR count). The first-order chi connectivity index (χ1) is 4.63. The number of nitrogens with two attached hydrogens (primary N) is 1. The van der Waals surface area contributed by atoms with Crippen molar-refractivity contribution in [1.29, 1.82) is 0 Å². The molecule has 5 nitrogen and oxygen atoms in total. The molecule has 0 aliphatic carbocycles. The first-order valence-corrected chi connectivity index (χ1v) is 3.56. The van der Waals surface area contributed by atoms with E-state index >= 15 is 0 Å². The molecule has 1 aromatic heterocycles. The third-order valence-electron chi connectivity index (χ3n) is 1.01. The fourth-order valence-corrected chi connectivity index (χ4v) is 1.09. The molecule has 0 fully saturated rings. The Balaban J connectivity index is 3.23. The van der Waals surface area contributed by atoms with E-state index in [1.165, 1.54) is 6.92 Å². The van der Waals surface area contributed by atoms with Crippen LogP contribution in [0.2, 0.25) is 0 Å². The van der Waals surface area contributed by atoms with E-state index in [2.05, 4.69) is 9.68 Å². The van der Waals surface area contributed by atoms with Gasteiger partial charge in [0.05, 0.1) is 0 Å². The SMILES string of the molecule is Cc1onc(N)c1S(=O)O. The summed E-state index contributed by atoms with van der Waals surface area (Å²) < 4.78 is 23.5. The second kappa shape index (κ2) is 2.39. The molecule has 0 saturated carbocycles. The number of aromatic nitrogens is 1. The van der Waals surface area contributed by atoms with E-state index in [4.69, 9.17) is 10.3 Å². The zero-order valence-electron chi connectivity index (χ0n) is 5.20. The van der Waals surface area contributed by atoms with E-state index in [9.17, 15) is 4.21 Å². The largest absolute Gasteiger partial charge is 0.380 e. The summed E-state index contributed by atoms with van der Waals surface area (Å²) in [5.41, 5.74) is 5.18. The van der Waals surface area contributed by atoms with Crippen LogP contribution >= 0.6 is 0 Å². The maximum atomic E-state index is 10.4. The minimum atomic E-state index is -2.10. The average molecular weight is 162 g/mol. The van der Waals surface area contributed by atoms with E-state index in [-0.39, 0.29) is 16.5 Å². The molecule has 0 radical (unpaired) electrons. The number of aryl methyl sites for hydroxylation is 1. The van der Waals surface area contributed by atoms with Crippen LogP contribution in [-0.4, -0.2) is 13.9 Å². The number of anilines is 1. The van der Waals surface area contributed by atoms with Crippen LogP contribution in [-0.2, 0) is 11.1 Å². The predicted octanol–water partition coefficient (Wildman–Crippen LogP) is 0.146. The summed E-state index contributed by atoms with van der Waals surface area (Å²) in [6.07, 6.45) is 0. The van der Waals surface area contributed by atoms with E-state index < -0.39 is 11.1 Å². The smallest absolute Gasteiger partial charge is 0.194 e. The molecule has 56 valence electrons. The Morgan fingerprint density at radius 1 is 1.80 bits per heavy atom. The monoisotopic (exact) mass is 162 g/mol. The van der Waals surface area contributed by atoms with Crippen LogP contribution in [0, 0.1) is 6.92 Å². The highest BCUT2D eigenvalue weighted by molar-refractivity contribution is 7.79. The number of hydrogen-bond acceptors (Lipinski definition) is 4. The van der Waals surface area contributed by atoms with Crippen molar-refractivity contribution >= 4 is 16.9 Å². The van der Waals surface area contributed by atoms with Crippen molar-refractivity contribution in [3.63, 3.8) is 0 Å². The Kier molecular flexibility index (Phi) is 1.73. The molecule has 0 aromatic carbocycles. The summed E-state index contributed by atoms with van der Waals surface area (Å²) >= 11 is -2.10. The summed E-state index contributed by atoms with van der Waals surface area (Å²) in [5, 5.41) is 3.29. The van der Waals surface area contributed by atoms with Gasteiger partial charge < -0.3 is 14.8 Å². The minimum Gasteiger partial charge on any atom is -0.380 e. The quantitative estimate of drug-likeness (QED) is 0.573. The highest BCUT2D eigenvalue weighted by atomic mass is 32.2. The van der Waals surface area contributed by atoms with Gasteiger partial charge in [0.15, 0.2) is 27.6 Å². The third-order valence-corrected chi connectivity index (χ3v) is 1.85. The number of rotatable bonds is 1. The van der Waals surface area contributed by atoms with Crippen molar-refractivity contribution in [3.8, 4) is 0 Å². The van der Waals surface area contributed by atoms with E-state index in [0.29, 0.717) is 0 Å². The summed E-state index contributed by atoms with van der Waals surface area (Å²) in [6.45, 7) is 1.52. The lowest BCUT2D eigenvalue weighted by molar-refractivity contribution is 0.396. The molecule has 10 heavy (non-hydrogen) atoms. The van der Waals surface area contributed by atoms with Gasteiger partial charge >= 0.3 is 0 Å². The molecule has 3 N–H and O–H groups in total. The summed E-state index contributed by atoms with van der Waals surface area (Å²) in [6, 6.07) is 0. The minimum absolute atomic E-state index is 0.0293. The highest BCUT2D eigenvalue weighted by Crippen LogP contribution is 2.17. The molecule has 0 saturated heterocycles. The third kappa shape index (κ3) is 1.03. The molecule has 1 aromatic rings. The molecule has 0 spiro atoms. The van der Waals surface area contributed by atoms with Gasteiger partial charge in [-0.25, -0.2) is 4.21 Å². The normalized spacial score (nSPS) is 13.4. The Morgan fingerprint density at radius 3 is 2.60 bits per heavy atom. The van der Waals surface area contributed by atoms with Gasteiger partial charge in [0.25, 0.3) is 0 Å². The van der Waals surface area contributed by atoms with Crippen LogP contribution < -0.4 is 5.73 Å². The molecule has 0 aliphatic heterocycles. The van der Waals surface area contributed by atoms with Gasteiger partial charge in [-0.1, -0.05) is 5.16 Å². The van der Waals surface area contributed by atoms with Gasteiger partial charge in [-0.3, -0.25) is 0 Å².